The maximum atomic E-state index is 12.9. The van der Waals surface area contributed by atoms with Crippen LogP contribution in [-0.4, -0.2) is 29.0 Å². The van der Waals surface area contributed by atoms with E-state index >= 15 is 0 Å². The van der Waals surface area contributed by atoms with E-state index in [2.05, 4.69) is 5.10 Å². The van der Waals surface area contributed by atoms with Gasteiger partial charge in [0.15, 0.2) is 5.84 Å². The number of hydrogen-bond acceptors (Lipinski definition) is 5. The molecule has 0 aliphatic heterocycles. The van der Waals surface area contributed by atoms with Gasteiger partial charge in [0.05, 0.1) is 5.69 Å². The Hall–Kier alpha value is -2.81. The van der Waals surface area contributed by atoms with Crippen LogP contribution in [0, 0.1) is 16.7 Å². The van der Waals surface area contributed by atoms with E-state index in [4.69, 9.17) is 16.4 Å². The predicted molar refractivity (Wildman–Crippen MR) is 71.0 cm³/mol. The number of rotatable bonds is 4. The molecule has 130 valence electrons. The molecular weight excluding hydrogens is 344 g/mol. The Morgan fingerprint density at radius 3 is 2.08 bits per heavy atom. The number of para-hydroxylation sites is 1. The third-order valence-electron chi connectivity index (χ3n) is 2.79. The molecule has 0 spiro atoms. The van der Waals surface area contributed by atoms with Crippen LogP contribution in [0.1, 0.15) is 5.56 Å². The molecule has 0 bridgehead atoms. The van der Waals surface area contributed by atoms with E-state index in [0.717, 1.165) is 18.2 Å². The Balaban J connectivity index is 3.51. The average Bonchev–Trinajstić information content (AvgIpc) is 2.44. The molecule has 24 heavy (non-hydrogen) atoms. The van der Waals surface area contributed by atoms with E-state index in [1.165, 1.54) is 6.07 Å². The van der Waals surface area contributed by atoms with E-state index in [1.54, 1.807) is 5.43 Å². The van der Waals surface area contributed by atoms with Crippen molar-refractivity contribution in [3.63, 3.8) is 0 Å². The van der Waals surface area contributed by atoms with E-state index in [-0.39, 0.29) is 0 Å². The van der Waals surface area contributed by atoms with Gasteiger partial charge in [-0.1, -0.05) is 18.2 Å². The van der Waals surface area contributed by atoms with Gasteiger partial charge in [0.25, 0.3) is 5.60 Å². The van der Waals surface area contributed by atoms with Crippen molar-refractivity contribution in [1.29, 1.82) is 10.7 Å². The maximum Gasteiger partial charge on any atom is 0.430 e. The summed E-state index contributed by atoms with van der Waals surface area (Å²) in [5, 5.41) is 28.1. The number of hydrazone groups is 1. The van der Waals surface area contributed by atoms with E-state index in [1.807, 2.05) is 0 Å². The van der Waals surface area contributed by atoms with E-state index in [9.17, 15) is 31.4 Å². The summed E-state index contributed by atoms with van der Waals surface area (Å²) in [5.74, 6) is -0.857. The first-order valence-corrected chi connectivity index (χ1v) is 5.89. The highest BCUT2D eigenvalue weighted by molar-refractivity contribution is 6.45. The fourth-order valence-corrected chi connectivity index (χ4v) is 1.62. The van der Waals surface area contributed by atoms with Gasteiger partial charge in [-0.05, 0) is 6.07 Å². The fraction of sp³-hybridized carbons (Fsp3) is 0.250. The minimum absolute atomic E-state index is 0.401. The summed E-state index contributed by atoms with van der Waals surface area (Å²) in [6, 6.07) is 4.42. The summed E-state index contributed by atoms with van der Waals surface area (Å²) in [6.07, 6.45) is -12.2. The highest BCUT2D eigenvalue weighted by atomic mass is 19.4. The third-order valence-corrected chi connectivity index (χ3v) is 2.79. The molecule has 1 aromatic rings. The van der Waals surface area contributed by atoms with Crippen LogP contribution in [0.3, 0.4) is 0 Å². The van der Waals surface area contributed by atoms with Gasteiger partial charge >= 0.3 is 12.4 Å². The van der Waals surface area contributed by atoms with Crippen LogP contribution in [0.5, 0.6) is 0 Å². The summed E-state index contributed by atoms with van der Waals surface area (Å²) < 4.78 is 77.5. The molecule has 0 radical (unpaired) electrons. The molecule has 0 aliphatic carbocycles. The lowest BCUT2D eigenvalue weighted by Crippen LogP contribution is -2.54. The zero-order valence-electron chi connectivity index (χ0n) is 11.5. The first-order valence-electron chi connectivity index (χ1n) is 5.89. The van der Waals surface area contributed by atoms with Crippen LogP contribution < -0.4 is 11.2 Å². The van der Waals surface area contributed by atoms with Crippen molar-refractivity contribution in [2.75, 3.05) is 5.43 Å². The molecule has 0 saturated heterocycles. The molecule has 0 atom stereocenters. The molecule has 12 heteroatoms. The molecule has 0 amide bonds. The molecule has 5 N–H and O–H groups in total. The number of nitrogens with two attached hydrogens (primary N) is 1. The van der Waals surface area contributed by atoms with Crippen molar-refractivity contribution in [3.05, 3.63) is 29.8 Å². The Labute approximate surface area is 130 Å². The lowest BCUT2D eigenvalue weighted by Gasteiger charge is -2.33. The topological polar surface area (TPSA) is 118 Å². The number of alkyl halides is 6. The second kappa shape index (κ2) is 6.36. The van der Waals surface area contributed by atoms with Gasteiger partial charge in [-0.15, -0.1) is 0 Å². The minimum Gasteiger partial charge on any atom is -0.382 e. The molecule has 0 aromatic heterocycles. The smallest absolute Gasteiger partial charge is 0.382 e. The predicted octanol–water partition coefficient (Wildman–Crippen LogP) is 2.23. The Bertz CT molecular complexity index is 689. The molecule has 0 aliphatic rings. The summed E-state index contributed by atoms with van der Waals surface area (Å²) in [6.45, 7) is 0. The van der Waals surface area contributed by atoms with Gasteiger partial charge in [-0.25, -0.2) is 0 Å². The number of aliphatic hydroxyl groups is 1. The summed E-state index contributed by atoms with van der Waals surface area (Å²) >= 11 is 0. The van der Waals surface area contributed by atoms with Crippen LogP contribution in [-0.2, 0) is 5.60 Å². The summed E-state index contributed by atoms with van der Waals surface area (Å²) in [4.78, 5) is 0. The maximum absolute atomic E-state index is 12.9. The van der Waals surface area contributed by atoms with Gasteiger partial charge in [-0.3, -0.25) is 10.8 Å². The van der Waals surface area contributed by atoms with Crippen molar-refractivity contribution in [2.24, 2.45) is 10.8 Å². The number of amidine groups is 1. The molecule has 1 rings (SSSR count). The molecule has 0 unspecified atom stereocenters. The van der Waals surface area contributed by atoms with Gasteiger partial charge in [-0.2, -0.15) is 36.7 Å². The third kappa shape index (κ3) is 3.40. The lowest BCUT2D eigenvalue weighted by molar-refractivity contribution is -0.376. The van der Waals surface area contributed by atoms with Gasteiger partial charge < -0.3 is 10.8 Å². The summed E-state index contributed by atoms with van der Waals surface area (Å²) in [7, 11) is 0. The van der Waals surface area contributed by atoms with Crippen molar-refractivity contribution < 1.29 is 31.4 Å². The minimum atomic E-state index is -6.08. The standard InChI is InChI=1S/C12H9F6N5O/c13-11(14,15)10(24,12(16,17)18)6-3-1-2-4-7(6)22-23-8(5-19)9(20)21/h1-4,22,24H,(H3,20,21)/b23-8+. The number of nitrogens with one attached hydrogen (secondary N) is 2. The SMILES string of the molecule is N#C/C(=N\Nc1ccccc1C(O)(C(F)(F)F)C(F)(F)F)C(=N)N. The van der Waals surface area contributed by atoms with Crippen LogP contribution in [0.2, 0.25) is 0 Å². The highest BCUT2D eigenvalue weighted by Crippen LogP contribution is 2.51. The number of nitriles is 1. The number of benzene rings is 1. The van der Waals surface area contributed by atoms with Crippen LogP contribution in [0.25, 0.3) is 0 Å². The molecular formula is C12H9F6N5O. The number of halogens is 6. The van der Waals surface area contributed by atoms with Crippen LogP contribution in [0.15, 0.2) is 29.4 Å². The lowest BCUT2D eigenvalue weighted by atomic mass is 9.91. The Morgan fingerprint density at radius 2 is 1.67 bits per heavy atom. The molecule has 0 heterocycles. The largest absolute Gasteiger partial charge is 0.430 e. The Kier molecular flexibility index (Phi) is 5.10. The van der Waals surface area contributed by atoms with Gasteiger partial charge in [0.1, 0.15) is 6.07 Å². The molecule has 6 nitrogen and oxygen atoms in total. The normalized spacial score (nSPS) is 13.3. The second-order valence-electron chi connectivity index (χ2n) is 4.35. The highest BCUT2D eigenvalue weighted by Gasteiger charge is 2.72. The van der Waals surface area contributed by atoms with Crippen molar-refractivity contribution in [3.8, 4) is 6.07 Å². The van der Waals surface area contributed by atoms with Crippen LogP contribution >= 0.6 is 0 Å². The first kappa shape index (κ1) is 19.2. The van der Waals surface area contributed by atoms with Crippen molar-refractivity contribution >= 4 is 17.2 Å². The molecule has 1 aromatic carbocycles. The number of hydrogen-bond donors (Lipinski definition) is 4. The average molecular weight is 353 g/mol. The van der Waals surface area contributed by atoms with E-state index in [0.29, 0.717) is 6.07 Å². The first-order chi connectivity index (χ1) is 10.9. The molecule has 0 saturated carbocycles. The van der Waals surface area contributed by atoms with E-state index < -0.39 is 40.8 Å². The van der Waals surface area contributed by atoms with Gasteiger partial charge in [0, 0.05) is 5.56 Å². The zero-order chi connectivity index (χ0) is 18.8. The number of anilines is 1. The molecule has 0 fully saturated rings. The zero-order valence-corrected chi connectivity index (χ0v) is 11.5. The van der Waals surface area contributed by atoms with Gasteiger partial charge in [0.2, 0.25) is 5.71 Å². The van der Waals surface area contributed by atoms with Crippen LogP contribution in [0.4, 0.5) is 32.0 Å². The second-order valence-corrected chi connectivity index (χ2v) is 4.35. The summed E-state index contributed by atoms with van der Waals surface area (Å²) in [5.41, 5.74) is -1.65. The fourth-order valence-electron chi connectivity index (χ4n) is 1.62. The van der Waals surface area contributed by atoms with Crippen molar-refractivity contribution in [2.45, 2.75) is 18.0 Å². The monoisotopic (exact) mass is 353 g/mol. The van der Waals surface area contributed by atoms with Crippen molar-refractivity contribution in [1.82, 2.24) is 0 Å². The quantitative estimate of drug-likeness (QED) is 0.287. The Morgan fingerprint density at radius 1 is 1.17 bits per heavy atom. The number of nitrogens with zero attached hydrogens (tertiary/aromatic N) is 2.